The van der Waals surface area contributed by atoms with Crippen LogP contribution in [0.4, 0.5) is 0 Å². The highest BCUT2D eigenvalue weighted by Crippen LogP contribution is 2.54. The highest BCUT2D eigenvalue weighted by molar-refractivity contribution is 5.97. The Morgan fingerprint density at radius 2 is 1.67 bits per heavy atom. The number of fused-ring (bicyclic) bond motifs is 1. The summed E-state index contributed by atoms with van der Waals surface area (Å²) in [6.45, 7) is 4.53. The molecule has 3 N–H and O–H groups in total. The van der Waals surface area contributed by atoms with E-state index in [0.29, 0.717) is 24.9 Å². The van der Waals surface area contributed by atoms with Crippen molar-refractivity contribution in [3.05, 3.63) is 41.0 Å². The molecule has 2 aliphatic rings. The number of carbonyl (C=O) groups excluding carboxylic acids is 2. The Morgan fingerprint density at radius 3 is 2.33 bits per heavy atom. The Balaban J connectivity index is 1.37. The van der Waals surface area contributed by atoms with E-state index in [9.17, 15) is 14.7 Å². The van der Waals surface area contributed by atoms with Crippen LogP contribution in [-0.4, -0.2) is 30.0 Å². The molecule has 0 spiro atoms. The molecule has 3 rings (SSSR count). The Morgan fingerprint density at radius 1 is 1.04 bits per heavy atom. The van der Waals surface area contributed by atoms with Gasteiger partial charge in [0.15, 0.2) is 0 Å². The number of nitrogens with one attached hydrogen (secondary N) is 2. The van der Waals surface area contributed by atoms with Crippen molar-refractivity contribution in [2.75, 3.05) is 13.1 Å². The first kappa shape index (κ1) is 19.5. The van der Waals surface area contributed by atoms with Gasteiger partial charge in [0.05, 0.1) is 5.56 Å². The first-order valence-corrected chi connectivity index (χ1v) is 10.0. The second-order valence-electron chi connectivity index (χ2n) is 7.82. The minimum absolute atomic E-state index is 0.0328. The Bertz CT molecular complexity index is 729. The molecule has 27 heavy (non-hydrogen) atoms. The van der Waals surface area contributed by atoms with E-state index in [1.54, 1.807) is 13.0 Å². The summed E-state index contributed by atoms with van der Waals surface area (Å²) in [4.78, 5) is 24.4. The lowest BCUT2D eigenvalue weighted by atomic mass is 10.0. The number of carbonyl (C=O) groups is 2. The quantitative estimate of drug-likeness (QED) is 0.673. The van der Waals surface area contributed by atoms with Gasteiger partial charge in [-0.05, 0) is 55.7 Å². The number of rotatable bonds is 6. The second-order valence-corrected chi connectivity index (χ2v) is 7.82. The zero-order chi connectivity index (χ0) is 19.4. The summed E-state index contributed by atoms with van der Waals surface area (Å²) in [6, 6.07) is 3.46. The summed E-state index contributed by atoms with van der Waals surface area (Å²) in [5.41, 5.74) is 1.95. The van der Waals surface area contributed by atoms with E-state index in [2.05, 4.69) is 10.6 Å². The van der Waals surface area contributed by atoms with Gasteiger partial charge in [-0.15, -0.1) is 0 Å². The lowest BCUT2D eigenvalue weighted by Gasteiger charge is -2.09. The SMILES string of the molecule is Cc1ccc(C(=O)NC/C=C\CNC(=O)C2[C@H]3CCCCC[C@@H]23)c(O)c1C. The molecular formula is C22H30N2O3. The smallest absolute Gasteiger partial charge is 0.255 e. The van der Waals surface area contributed by atoms with Gasteiger partial charge in [0, 0.05) is 19.0 Å². The van der Waals surface area contributed by atoms with Crippen LogP contribution in [0, 0.1) is 31.6 Å². The van der Waals surface area contributed by atoms with Gasteiger partial charge in [-0.2, -0.15) is 0 Å². The zero-order valence-corrected chi connectivity index (χ0v) is 16.3. The van der Waals surface area contributed by atoms with Crippen LogP contribution in [0.3, 0.4) is 0 Å². The van der Waals surface area contributed by atoms with E-state index in [1.807, 2.05) is 25.1 Å². The molecule has 0 heterocycles. The van der Waals surface area contributed by atoms with E-state index in [0.717, 1.165) is 11.1 Å². The molecule has 0 aliphatic heterocycles. The van der Waals surface area contributed by atoms with E-state index < -0.39 is 0 Å². The van der Waals surface area contributed by atoms with Gasteiger partial charge in [0.25, 0.3) is 5.91 Å². The van der Waals surface area contributed by atoms with E-state index in [-0.39, 0.29) is 29.0 Å². The number of aromatic hydroxyl groups is 1. The summed E-state index contributed by atoms with van der Waals surface area (Å²) < 4.78 is 0. The molecule has 2 amide bonds. The van der Waals surface area contributed by atoms with Crippen LogP contribution in [0.5, 0.6) is 5.75 Å². The largest absolute Gasteiger partial charge is 0.507 e. The molecule has 2 saturated carbocycles. The molecule has 0 saturated heterocycles. The fraction of sp³-hybridized carbons (Fsp3) is 0.545. The van der Waals surface area contributed by atoms with Crippen molar-refractivity contribution >= 4 is 11.8 Å². The van der Waals surface area contributed by atoms with Gasteiger partial charge in [-0.3, -0.25) is 9.59 Å². The van der Waals surface area contributed by atoms with Crippen LogP contribution >= 0.6 is 0 Å². The third-order valence-electron chi connectivity index (χ3n) is 6.10. The third-order valence-corrected chi connectivity index (χ3v) is 6.10. The summed E-state index contributed by atoms with van der Waals surface area (Å²) in [5.74, 6) is 1.36. The fourth-order valence-electron chi connectivity index (χ4n) is 4.23. The summed E-state index contributed by atoms with van der Waals surface area (Å²) in [7, 11) is 0. The van der Waals surface area contributed by atoms with Crippen molar-refractivity contribution < 1.29 is 14.7 Å². The van der Waals surface area contributed by atoms with Crippen molar-refractivity contribution in [1.29, 1.82) is 0 Å². The second kappa shape index (κ2) is 8.59. The molecule has 0 bridgehead atoms. The van der Waals surface area contributed by atoms with Crippen LogP contribution in [0.2, 0.25) is 0 Å². The molecule has 1 aromatic carbocycles. The van der Waals surface area contributed by atoms with Crippen LogP contribution in [0.1, 0.15) is 53.6 Å². The zero-order valence-electron chi connectivity index (χ0n) is 16.3. The highest BCUT2D eigenvalue weighted by Gasteiger charge is 2.53. The molecule has 5 heteroatoms. The topological polar surface area (TPSA) is 78.4 Å². The van der Waals surface area contributed by atoms with Gasteiger partial charge in [0.2, 0.25) is 5.91 Å². The molecule has 2 fully saturated rings. The third kappa shape index (κ3) is 4.52. The first-order valence-electron chi connectivity index (χ1n) is 10.0. The maximum absolute atomic E-state index is 12.3. The van der Waals surface area contributed by atoms with E-state index in [4.69, 9.17) is 0 Å². The predicted octanol–water partition coefficient (Wildman–Crippen LogP) is 3.24. The molecule has 1 unspecified atom stereocenters. The van der Waals surface area contributed by atoms with E-state index in [1.165, 1.54) is 32.1 Å². The average Bonchev–Trinajstić information content (AvgIpc) is 3.38. The number of benzene rings is 1. The Labute approximate surface area is 161 Å². The minimum atomic E-state index is -0.303. The van der Waals surface area contributed by atoms with Crippen LogP contribution in [0.25, 0.3) is 0 Å². The minimum Gasteiger partial charge on any atom is -0.507 e. The summed E-state index contributed by atoms with van der Waals surface area (Å²) >= 11 is 0. The number of hydrogen-bond acceptors (Lipinski definition) is 3. The average molecular weight is 370 g/mol. The van der Waals surface area contributed by atoms with Crippen molar-refractivity contribution in [1.82, 2.24) is 10.6 Å². The Kier molecular flexibility index (Phi) is 6.19. The molecular weight excluding hydrogens is 340 g/mol. The lowest BCUT2D eigenvalue weighted by Crippen LogP contribution is -2.27. The van der Waals surface area contributed by atoms with Gasteiger partial charge in [0.1, 0.15) is 5.75 Å². The number of hydrogen-bond donors (Lipinski definition) is 3. The monoisotopic (exact) mass is 370 g/mol. The molecule has 3 atom stereocenters. The molecule has 0 aromatic heterocycles. The normalized spacial score (nSPS) is 24.1. The molecule has 1 aromatic rings. The molecule has 0 radical (unpaired) electrons. The van der Waals surface area contributed by atoms with Crippen LogP contribution < -0.4 is 10.6 Å². The molecule has 5 nitrogen and oxygen atoms in total. The van der Waals surface area contributed by atoms with Gasteiger partial charge < -0.3 is 15.7 Å². The number of aryl methyl sites for hydroxylation is 1. The standard InChI is InChI=1S/C22H30N2O3/c1-14-10-11-18(20(25)15(14)2)21(26)23-12-6-7-13-24-22(27)19-16-8-4-3-5-9-17(16)19/h6-7,10-11,16-17,19,25H,3-5,8-9,12-13H2,1-2H3,(H,23,26)(H,24,27)/b7-6-/t16-,17+,19?. The van der Waals surface area contributed by atoms with Crippen LogP contribution in [-0.2, 0) is 4.79 Å². The van der Waals surface area contributed by atoms with Crippen molar-refractivity contribution in [2.24, 2.45) is 17.8 Å². The number of phenolic OH excluding ortho intramolecular Hbond substituents is 1. The van der Waals surface area contributed by atoms with E-state index >= 15 is 0 Å². The number of amides is 2. The number of phenols is 1. The van der Waals surface area contributed by atoms with Crippen molar-refractivity contribution in [3.8, 4) is 5.75 Å². The fourth-order valence-corrected chi connectivity index (χ4v) is 4.23. The van der Waals surface area contributed by atoms with Gasteiger partial charge in [-0.25, -0.2) is 0 Å². The van der Waals surface area contributed by atoms with Gasteiger partial charge >= 0.3 is 0 Å². The lowest BCUT2D eigenvalue weighted by molar-refractivity contribution is -0.122. The van der Waals surface area contributed by atoms with Crippen molar-refractivity contribution in [2.45, 2.75) is 46.0 Å². The van der Waals surface area contributed by atoms with Crippen LogP contribution in [0.15, 0.2) is 24.3 Å². The predicted molar refractivity (Wildman–Crippen MR) is 106 cm³/mol. The molecule has 2 aliphatic carbocycles. The van der Waals surface area contributed by atoms with Gasteiger partial charge in [-0.1, -0.05) is 37.5 Å². The Hall–Kier alpha value is -2.30. The summed E-state index contributed by atoms with van der Waals surface area (Å²) in [6.07, 6.45) is 9.93. The highest BCUT2D eigenvalue weighted by atomic mass is 16.3. The molecule has 146 valence electrons. The maximum atomic E-state index is 12.3. The first-order chi connectivity index (χ1) is 13.0. The van der Waals surface area contributed by atoms with Crippen molar-refractivity contribution in [3.63, 3.8) is 0 Å². The summed E-state index contributed by atoms with van der Waals surface area (Å²) in [5, 5.41) is 15.8. The maximum Gasteiger partial charge on any atom is 0.255 e.